The molecule has 0 heterocycles. The van der Waals surface area contributed by atoms with Gasteiger partial charge in [0.2, 0.25) is 0 Å². The molecule has 84 valence electrons. The Morgan fingerprint density at radius 3 is 2.20 bits per heavy atom. The van der Waals surface area contributed by atoms with Gasteiger partial charge in [0, 0.05) is 13.1 Å². The smallest absolute Gasteiger partial charge is 0.0747 e. The van der Waals surface area contributed by atoms with Gasteiger partial charge in [-0.1, -0.05) is 29.8 Å². The number of benzene rings is 1. The molecule has 0 fully saturated rings. The lowest BCUT2D eigenvalue weighted by Gasteiger charge is -2.29. The molecule has 0 aliphatic rings. The number of likely N-dealkylation sites (N-methyl/N-ethyl adjacent to an activating group) is 1. The average Bonchev–Trinajstić information content (AvgIpc) is 2.20. The minimum absolute atomic E-state index is 0.0256. The Hall–Kier alpha value is -0.900. The van der Waals surface area contributed by atoms with E-state index in [1.807, 2.05) is 14.0 Å². The second-order valence-corrected chi connectivity index (χ2v) is 3.94. The van der Waals surface area contributed by atoms with Gasteiger partial charge in [0.1, 0.15) is 0 Å². The molecule has 1 rings (SSSR count). The van der Waals surface area contributed by atoms with Gasteiger partial charge in [-0.25, -0.2) is 0 Å². The Morgan fingerprint density at radius 2 is 1.80 bits per heavy atom. The number of rotatable bonds is 4. The molecule has 3 heteroatoms. The predicted octanol–water partition coefficient (Wildman–Crippen LogP) is 1.88. The zero-order valence-electron chi connectivity index (χ0n) is 9.90. The molecule has 0 saturated carbocycles. The molecule has 2 N–H and O–H groups in total. The second-order valence-electron chi connectivity index (χ2n) is 3.94. The van der Waals surface area contributed by atoms with Gasteiger partial charge in [-0.15, -0.1) is 0 Å². The Balaban J connectivity index is 2.94. The molecule has 15 heavy (non-hydrogen) atoms. The normalized spacial score (nSPS) is 15.3. The third-order valence-electron chi connectivity index (χ3n) is 2.60. The van der Waals surface area contributed by atoms with Crippen LogP contribution in [0.15, 0.2) is 24.3 Å². The molecule has 1 aromatic rings. The van der Waals surface area contributed by atoms with Crippen LogP contribution in [0.25, 0.3) is 0 Å². The van der Waals surface area contributed by atoms with Gasteiger partial charge < -0.3 is 10.6 Å². The summed E-state index contributed by atoms with van der Waals surface area (Å²) in [4.78, 5) is 5.21. The fourth-order valence-electron chi connectivity index (χ4n) is 1.72. The van der Waals surface area contributed by atoms with Crippen LogP contribution >= 0.6 is 0 Å². The van der Waals surface area contributed by atoms with E-state index in [2.05, 4.69) is 31.2 Å². The van der Waals surface area contributed by atoms with Gasteiger partial charge in [0.15, 0.2) is 0 Å². The molecular formula is C12H20N2O. The van der Waals surface area contributed by atoms with Crippen LogP contribution in [0.5, 0.6) is 0 Å². The molecule has 0 bridgehead atoms. The summed E-state index contributed by atoms with van der Waals surface area (Å²) in [6.07, 6.45) is 0. The Kier molecular flexibility index (Phi) is 4.27. The molecule has 3 nitrogen and oxygen atoms in total. The minimum atomic E-state index is 0.0256. The quantitative estimate of drug-likeness (QED) is 0.768. The number of nitrogens with zero attached hydrogens (tertiary/aromatic N) is 1. The summed E-state index contributed by atoms with van der Waals surface area (Å²) in [7, 11) is 3.55. The SMILES string of the molecule is CON(C)C(c1ccc(C)cc1)C(C)N. The molecule has 0 aliphatic carbocycles. The zero-order valence-corrected chi connectivity index (χ0v) is 9.90. The maximum atomic E-state index is 5.96. The van der Waals surface area contributed by atoms with Crippen molar-refractivity contribution >= 4 is 0 Å². The first-order chi connectivity index (χ1) is 7.06. The van der Waals surface area contributed by atoms with Gasteiger partial charge in [-0.3, -0.25) is 0 Å². The van der Waals surface area contributed by atoms with Crippen molar-refractivity contribution in [1.29, 1.82) is 0 Å². The average molecular weight is 208 g/mol. The maximum absolute atomic E-state index is 5.96. The van der Waals surface area contributed by atoms with Crippen LogP contribution in [0.4, 0.5) is 0 Å². The van der Waals surface area contributed by atoms with Crippen molar-refractivity contribution in [3.63, 3.8) is 0 Å². The lowest BCUT2D eigenvalue weighted by atomic mass is 10.00. The van der Waals surface area contributed by atoms with E-state index in [9.17, 15) is 0 Å². The molecule has 0 aromatic heterocycles. The van der Waals surface area contributed by atoms with Gasteiger partial charge in [0.25, 0.3) is 0 Å². The van der Waals surface area contributed by atoms with Crippen LogP contribution in [0.3, 0.4) is 0 Å². The van der Waals surface area contributed by atoms with Gasteiger partial charge in [-0.05, 0) is 19.4 Å². The Labute approximate surface area is 91.8 Å². The predicted molar refractivity (Wildman–Crippen MR) is 62.3 cm³/mol. The number of hydroxylamine groups is 2. The molecule has 1 aromatic carbocycles. The van der Waals surface area contributed by atoms with E-state index in [1.165, 1.54) is 11.1 Å². The van der Waals surface area contributed by atoms with Crippen LogP contribution in [-0.4, -0.2) is 25.3 Å². The molecule has 0 spiro atoms. The highest BCUT2D eigenvalue weighted by molar-refractivity contribution is 5.24. The van der Waals surface area contributed by atoms with E-state index in [4.69, 9.17) is 10.6 Å². The summed E-state index contributed by atoms with van der Waals surface area (Å²) in [5.41, 5.74) is 8.39. The highest BCUT2D eigenvalue weighted by Gasteiger charge is 2.20. The molecule has 2 atom stereocenters. The first-order valence-electron chi connectivity index (χ1n) is 5.15. The van der Waals surface area contributed by atoms with E-state index < -0.39 is 0 Å². The minimum Gasteiger partial charge on any atom is -0.326 e. The number of aryl methyl sites for hydroxylation is 1. The number of hydrogen-bond donors (Lipinski definition) is 1. The first-order valence-corrected chi connectivity index (χ1v) is 5.15. The van der Waals surface area contributed by atoms with Crippen LogP contribution in [0, 0.1) is 6.92 Å². The van der Waals surface area contributed by atoms with E-state index in [0.29, 0.717) is 0 Å². The van der Waals surface area contributed by atoms with Crippen molar-refractivity contribution in [3.8, 4) is 0 Å². The molecule has 0 radical (unpaired) electrons. The highest BCUT2D eigenvalue weighted by atomic mass is 16.7. The molecule has 0 aliphatic heterocycles. The molecular weight excluding hydrogens is 188 g/mol. The van der Waals surface area contributed by atoms with Crippen molar-refractivity contribution < 1.29 is 4.84 Å². The van der Waals surface area contributed by atoms with E-state index in [0.717, 1.165) is 0 Å². The van der Waals surface area contributed by atoms with Crippen LogP contribution in [-0.2, 0) is 4.84 Å². The van der Waals surface area contributed by atoms with Crippen molar-refractivity contribution in [3.05, 3.63) is 35.4 Å². The third-order valence-corrected chi connectivity index (χ3v) is 2.60. The summed E-state index contributed by atoms with van der Waals surface area (Å²) in [6.45, 7) is 4.06. The monoisotopic (exact) mass is 208 g/mol. The third kappa shape index (κ3) is 3.02. The number of hydrogen-bond acceptors (Lipinski definition) is 3. The van der Waals surface area contributed by atoms with Crippen molar-refractivity contribution in [2.45, 2.75) is 25.9 Å². The number of nitrogens with two attached hydrogens (primary N) is 1. The standard InChI is InChI=1S/C12H20N2O/c1-9-5-7-11(8-6-9)12(10(2)13)14(3)15-4/h5-8,10,12H,13H2,1-4H3. The van der Waals surface area contributed by atoms with Crippen LogP contribution in [0.2, 0.25) is 0 Å². The Bertz CT molecular complexity index is 295. The van der Waals surface area contributed by atoms with Gasteiger partial charge in [0.05, 0.1) is 13.2 Å². The topological polar surface area (TPSA) is 38.5 Å². The summed E-state index contributed by atoms with van der Waals surface area (Å²) < 4.78 is 0. The van der Waals surface area contributed by atoms with Gasteiger partial charge >= 0.3 is 0 Å². The highest BCUT2D eigenvalue weighted by Crippen LogP contribution is 2.22. The lowest BCUT2D eigenvalue weighted by molar-refractivity contribution is -0.146. The fourth-order valence-corrected chi connectivity index (χ4v) is 1.72. The summed E-state index contributed by atoms with van der Waals surface area (Å²) in [6, 6.07) is 8.49. The second kappa shape index (κ2) is 5.26. The largest absolute Gasteiger partial charge is 0.326 e. The maximum Gasteiger partial charge on any atom is 0.0747 e. The molecule has 0 saturated heterocycles. The van der Waals surface area contributed by atoms with Crippen molar-refractivity contribution in [2.75, 3.05) is 14.2 Å². The van der Waals surface area contributed by atoms with Crippen molar-refractivity contribution in [2.24, 2.45) is 5.73 Å². The Morgan fingerprint density at radius 1 is 1.27 bits per heavy atom. The van der Waals surface area contributed by atoms with E-state index in [-0.39, 0.29) is 12.1 Å². The fraction of sp³-hybridized carbons (Fsp3) is 0.500. The van der Waals surface area contributed by atoms with E-state index >= 15 is 0 Å². The summed E-state index contributed by atoms with van der Waals surface area (Å²) in [5, 5.41) is 1.79. The first kappa shape index (κ1) is 12.2. The van der Waals surface area contributed by atoms with Crippen molar-refractivity contribution in [1.82, 2.24) is 5.06 Å². The van der Waals surface area contributed by atoms with E-state index in [1.54, 1.807) is 12.2 Å². The molecule has 2 unspecified atom stereocenters. The summed E-state index contributed by atoms with van der Waals surface area (Å²) in [5.74, 6) is 0. The zero-order chi connectivity index (χ0) is 11.4. The van der Waals surface area contributed by atoms with Crippen LogP contribution in [0.1, 0.15) is 24.1 Å². The summed E-state index contributed by atoms with van der Waals surface area (Å²) >= 11 is 0. The van der Waals surface area contributed by atoms with Crippen LogP contribution < -0.4 is 5.73 Å². The lowest BCUT2D eigenvalue weighted by Crippen LogP contribution is -2.36. The molecule has 0 amide bonds. The van der Waals surface area contributed by atoms with Gasteiger partial charge in [-0.2, -0.15) is 5.06 Å².